The second kappa shape index (κ2) is 11.5. The molecule has 8 heteroatoms. The fourth-order valence-electron chi connectivity index (χ4n) is 6.37. The molecule has 1 aliphatic carbocycles. The smallest absolute Gasteiger partial charge is 0.455 e. The molecule has 2 heterocycles. The summed E-state index contributed by atoms with van der Waals surface area (Å²) in [4.78, 5) is 27.9. The summed E-state index contributed by atoms with van der Waals surface area (Å²) in [6.07, 6.45) is 7.64. The molecule has 2 aliphatic heterocycles. The van der Waals surface area contributed by atoms with E-state index in [2.05, 4.69) is 19.9 Å². The molecule has 194 valence electrons. The number of phenols is 1. The molecule has 4 rings (SSSR count). The van der Waals surface area contributed by atoms with Crippen molar-refractivity contribution in [2.75, 3.05) is 6.54 Å². The summed E-state index contributed by atoms with van der Waals surface area (Å²) in [6.45, 7) is 6.67. The number of allylic oxidation sites excluding steroid dienone is 2. The van der Waals surface area contributed by atoms with Gasteiger partial charge in [-0.1, -0.05) is 56.0 Å². The first-order chi connectivity index (χ1) is 17.3. The largest absolute Gasteiger partial charge is 0.508 e. The molecule has 2 fully saturated rings. The van der Waals surface area contributed by atoms with E-state index in [4.69, 9.17) is 16.3 Å². The standard InChI is InChI=1S/C28H37BClNO5/c1-4-7-17(13-19-9-10-20(32)15-23(19)30)8-11-24-25-18(6-3)14-21-26(22(25)16-29(35)36-24)28(34)31(12-5-2)27(21)33/h9-10,13,15,21-22,24,26,32,35H,4-8,11-12,14,16H2,1-3H3/b17-13+/t21-,22+,24-,26-/m1/s1. The van der Waals surface area contributed by atoms with Crippen molar-refractivity contribution >= 4 is 36.6 Å². The van der Waals surface area contributed by atoms with Gasteiger partial charge < -0.3 is 14.8 Å². The highest BCUT2D eigenvalue weighted by Crippen LogP contribution is 2.51. The number of aromatic hydroxyl groups is 1. The minimum atomic E-state index is -0.950. The third-order valence-electron chi connectivity index (χ3n) is 7.92. The first kappa shape index (κ1) is 27.0. The number of nitrogens with zero attached hydrogens (tertiary/aromatic N) is 1. The van der Waals surface area contributed by atoms with Crippen LogP contribution in [0.4, 0.5) is 0 Å². The van der Waals surface area contributed by atoms with Gasteiger partial charge in [-0.2, -0.15) is 0 Å². The zero-order valence-electron chi connectivity index (χ0n) is 21.5. The van der Waals surface area contributed by atoms with Gasteiger partial charge in [-0.25, -0.2) is 0 Å². The van der Waals surface area contributed by atoms with E-state index in [1.54, 1.807) is 12.1 Å². The van der Waals surface area contributed by atoms with Crippen molar-refractivity contribution in [3.05, 3.63) is 45.5 Å². The molecule has 36 heavy (non-hydrogen) atoms. The first-order valence-electron chi connectivity index (χ1n) is 13.4. The number of imide groups is 1. The van der Waals surface area contributed by atoms with Gasteiger partial charge >= 0.3 is 7.12 Å². The van der Waals surface area contributed by atoms with Gasteiger partial charge in [-0.15, -0.1) is 0 Å². The summed E-state index contributed by atoms with van der Waals surface area (Å²) in [5.41, 5.74) is 4.43. The molecule has 0 unspecified atom stereocenters. The monoisotopic (exact) mass is 513 g/mol. The molecule has 6 nitrogen and oxygen atoms in total. The first-order valence-corrected chi connectivity index (χ1v) is 13.7. The lowest BCUT2D eigenvalue weighted by Crippen LogP contribution is -2.46. The van der Waals surface area contributed by atoms with Crippen LogP contribution in [0.3, 0.4) is 0 Å². The summed E-state index contributed by atoms with van der Waals surface area (Å²) in [5.74, 6) is -0.852. The van der Waals surface area contributed by atoms with Crippen LogP contribution in [0, 0.1) is 17.8 Å². The summed E-state index contributed by atoms with van der Waals surface area (Å²) >= 11 is 6.35. The number of amides is 2. The van der Waals surface area contributed by atoms with Gasteiger partial charge in [-0.05, 0) is 80.1 Å². The van der Waals surface area contributed by atoms with E-state index in [0.29, 0.717) is 30.7 Å². The Bertz CT molecular complexity index is 1070. The molecule has 2 N–H and O–H groups in total. The Morgan fingerprint density at radius 3 is 2.61 bits per heavy atom. The lowest BCUT2D eigenvalue weighted by Gasteiger charge is -2.43. The molecule has 0 radical (unpaired) electrons. The summed E-state index contributed by atoms with van der Waals surface area (Å²) in [6, 6.07) is 4.99. The third-order valence-corrected chi connectivity index (χ3v) is 8.24. The molecule has 4 atom stereocenters. The van der Waals surface area contributed by atoms with Crippen LogP contribution in [-0.2, 0) is 14.2 Å². The SMILES string of the molecule is CCC/C(=C\c1ccc(O)cc1Cl)CC[C@H]1OB(O)C[C@H]2C1=C(CC)C[C@H]1C(=O)N(CCC)C(=O)[C@H]12. The van der Waals surface area contributed by atoms with Gasteiger partial charge in [0, 0.05) is 6.54 Å². The minimum Gasteiger partial charge on any atom is -0.508 e. The number of carbonyl (C=O) groups excluding carboxylic acids is 2. The molecule has 0 spiro atoms. The van der Waals surface area contributed by atoms with Crippen LogP contribution in [0.25, 0.3) is 6.08 Å². The molecule has 0 aromatic heterocycles. The molecule has 0 saturated carbocycles. The summed E-state index contributed by atoms with van der Waals surface area (Å²) < 4.78 is 6.09. The van der Waals surface area contributed by atoms with E-state index in [1.165, 1.54) is 16.0 Å². The number of rotatable bonds is 9. The molecule has 0 bridgehead atoms. The second-order valence-electron chi connectivity index (χ2n) is 10.3. The Labute approximate surface area is 219 Å². The highest BCUT2D eigenvalue weighted by atomic mass is 35.5. The van der Waals surface area contributed by atoms with Crippen molar-refractivity contribution in [3.63, 3.8) is 0 Å². The third kappa shape index (κ3) is 5.29. The van der Waals surface area contributed by atoms with Crippen LogP contribution in [0.1, 0.15) is 71.3 Å². The summed E-state index contributed by atoms with van der Waals surface area (Å²) in [5, 5.41) is 20.9. The Kier molecular flexibility index (Phi) is 8.64. The fourth-order valence-corrected chi connectivity index (χ4v) is 6.60. The van der Waals surface area contributed by atoms with Crippen LogP contribution >= 0.6 is 11.6 Å². The van der Waals surface area contributed by atoms with Gasteiger partial charge in [0.1, 0.15) is 5.75 Å². The van der Waals surface area contributed by atoms with E-state index in [1.807, 2.05) is 13.0 Å². The van der Waals surface area contributed by atoms with Gasteiger partial charge in [0.25, 0.3) is 0 Å². The maximum Gasteiger partial charge on any atom is 0.455 e. The topological polar surface area (TPSA) is 87.1 Å². The van der Waals surface area contributed by atoms with E-state index in [-0.39, 0.29) is 35.5 Å². The van der Waals surface area contributed by atoms with E-state index in [9.17, 15) is 19.7 Å². The van der Waals surface area contributed by atoms with Crippen LogP contribution in [0.2, 0.25) is 11.3 Å². The van der Waals surface area contributed by atoms with E-state index in [0.717, 1.165) is 43.2 Å². The number of hydrogen-bond acceptors (Lipinski definition) is 5. The predicted molar refractivity (Wildman–Crippen MR) is 142 cm³/mol. The average Bonchev–Trinajstić information content (AvgIpc) is 3.08. The maximum absolute atomic E-state index is 13.3. The second-order valence-corrected chi connectivity index (χ2v) is 10.7. The van der Waals surface area contributed by atoms with Crippen LogP contribution in [0.15, 0.2) is 34.9 Å². The Hall–Kier alpha value is -2.09. The molecule has 2 amide bonds. The molecular formula is C28H37BClNO5. The normalized spacial score (nSPS) is 26.5. The average molecular weight is 514 g/mol. The maximum atomic E-state index is 13.3. The number of fused-ring (bicyclic) bond motifs is 3. The van der Waals surface area contributed by atoms with Gasteiger partial charge in [0.05, 0.1) is 23.0 Å². The van der Waals surface area contributed by atoms with E-state index >= 15 is 0 Å². The van der Waals surface area contributed by atoms with E-state index < -0.39 is 13.0 Å². The molecular weight excluding hydrogens is 477 g/mol. The number of likely N-dealkylation sites (tertiary alicyclic amines) is 1. The van der Waals surface area contributed by atoms with Crippen LogP contribution < -0.4 is 0 Å². The van der Waals surface area contributed by atoms with Crippen molar-refractivity contribution in [1.82, 2.24) is 4.90 Å². The number of benzene rings is 1. The van der Waals surface area contributed by atoms with Gasteiger partial charge in [-0.3, -0.25) is 14.5 Å². The molecule has 1 aromatic rings. The number of carbonyl (C=O) groups is 2. The number of hydrogen-bond donors (Lipinski definition) is 2. The molecule has 1 aromatic carbocycles. The van der Waals surface area contributed by atoms with Crippen molar-refractivity contribution in [2.24, 2.45) is 17.8 Å². The quantitative estimate of drug-likeness (QED) is 0.254. The van der Waals surface area contributed by atoms with Gasteiger partial charge in [0.2, 0.25) is 11.8 Å². The van der Waals surface area contributed by atoms with Crippen molar-refractivity contribution in [2.45, 2.75) is 78.1 Å². The van der Waals surface area contributed by atoms with Crippen molar-refractivity contribution < 1.29 is 24.4 Å². The van der Waals surface area contributed by atoms with Crippen molar-refractivity contribution in [3.8, 4) is 5.75 Å². The Balaban J connectivity index is 1.60. The summed E-state index contributed by atoms with van der Waals surface area (Å²) in [7, 11) is -0.950. The lowest BCUT2D eigenvalue weighted by atomic mass is 9.58. The predicted octanol–water partition coefficient (Wildman–Crippen LogP) is 5.63. The fraction of sp³-hybridized carbons (Fsp3) is 0.571. The Morgan fingerprint density at radius 1 is 1.17 bits per heavy atom. The minimum absolute atomic E-state index is 0.0478. The molecule has 2 saturated heterocycles. The van der Waals surface area contributed by atoms with Crippen LogP contribution in [0.5, 0.6) is 5.75 Å². The Morgan fingerprint density at radius 2 is 1.94 bits per heavy atom. The lowest BCUT2D eigenvalue weighted by molar-refractivity contribution is -0.140. The zero-order valence-corrected chi connectivity index (χ0v) is 22.3. The van der Waals surface area contributed by atoms with Crippen molar-refractivity contribution in [1.29, 1.82) is 0 Å². The zero-order chi connectivity index (χ0) is 26.0. The molecule has 3 aliphatic rings. The van der Waals surface area contributed by atoms with Gasteiger partial charge in [0.15, 0.2) is 0 Å². The van der Waals surface area contributed by atoms with Crippen LogP contribution in [-0.4, -0.2) is 46.6 Å². The number of halogens is 1. The number of phenolic OH excluding ortho intramolecular Hbond substituents is 1. The highest BCUT2D eigenvalue weighted by Gasteiger charge is 2.56. The highest BCUT2D eigenvalue weighted by molar-refractivity contribution is 6.43.